The third-order valence-corrected chi connectivity index (χ3v) is 4.56. The number of hydrogen-bond acceptors (Lipinski definition) is 5. The van der Waals surface area contributed by atoms with E-state index in [1.165, 1.54) is 18.9 Å². The van der Waals surface area contributed by atoms with Crippen molar-refractivity contribution >= 4 is 0 Å². The van der Waals surface area contributed by atoms with E-state index in [1.54, 1.807) is 12.3 Å². The van der Waals surface area contributed by atoms with Crippen molar-refractivity contribution in [1.29, 1.82) is 0 Å². The minimum atomic E-state index is -0.213. The summed E-state index contributed by atoms with van der Waals surface area (Å²) in [5, 5.41) is 6.42. The molecule has 24 heavy (non-hydrogen) atoms. The summed E-state index contributed by atoms with van der Waals surface area (Å²) in [7, 11) is 0. The molecule has 0 saturated carbocycles. The minimum Gasteiger partial charge on any atom is -0.477 e. The summed E-state index contributed by atoms with van der Waals surface area (Å²) in [6, 6.07) is 7.52. The monoisotopic (exact) mass is 328 g/mol. The van der Waals surface area contributed by atoms with Gasteiger partial charge in [0, 0.05) is 29.9 Å². The molecule has 1 aliphatic rings. The van der Waals surface area contributed by atoms with Gasteiger partial charge in [0.15, 0.2) is 0 Å². The number of nitrogens with zero attached hydrogens (tertiary/aromatic N) is 3. The van der Waals surface area contributed by atoms with E-state index < -0.39 is 0 Å². The van der Waals surface area contributed by atoms with Gasteiger partial charge in [-0.2, -0.15) is 5.10 Å². The molecule has 6 nitrogen and oxygen atoms in total. The van der Waals surface area contributed by atoms with Gasteiger partial charge < -0.3 is 9.64 Å². The summed E-state index contributed by atoms with van der Waals surface area (Å²) >= 11 is 0. The molecule has 0 unspecified atom stereocenters. The van der Waals surface area contributed by atoms with Crippen molar-refractivity contribution in [1.82, 2.24) is 20.1 Å². The molecular weight excluding hydrogens is 304 g/mol. The quantitative estimate of drug-likeness (QED) is 0.912. The molecule has 0 radical (unpaired) electrons. The van der Waals surface area contributed by atoms with Crippen molar-refractivity contribution in [2.75, 3.05) is 19.7 Å². The van der Waals surface area contributed by atoms with E-state index >= 15 is 0 Å². The fraction of sp³-hybridized carbons (Fsp3) is 0.500. The Morgan fingerprint density at radius 3 is 2.62 bits per heavy atom. The maximum atomic E-state index is 11.0. The highest BCUT2D eigenvalue weighted by Crippen LogP contribution is 2.21. The molecule has 2 aromatic rings. The van der Waals surface area contributed by atoms with Gasteiger partial charge in [-0.1, -0.05) is 0 Å². The van der Waals surface area contributed by atoms with Crippen molar-refractivity contribution in [2.45, 2.75) is 32.7 Å². The van der Waals surface area contributed by atoms with Crippen LogP contribution in [0.1, 0.15) is 26.7 Å². The van der Waals surface area contributed by atoms with E-state index in [-0.39, 0.29) is 5.56 Å². The van der Waals surface area contributed by atoms with Crippen molar-refractivity contribution < 1.29 is 4.74 Å². The number of ether oxygens (including phenoxy) is 1. The van der Waals surface area contributed by atoms with Crippen LogP contribution in [-0.2, 0) is 0 Å². The number of H-pyrrole nitrogens is 1. The number of piperidine rings is 1. The van der Waals surface area contributed by atoms with Gasteiger partial charge in [-0.05, 0) is 57.8 Å². The zero-order chi connectivity index (χ0) is 16.9. The number of likely N-dealkylation sites (tertiary alicyclic amines) is 1. The van der Waals surface area contributed by atoms with Crippen LogP contribution in [0.3, 0.4) is 0 Å². The summed E-state index contributed by atoms with van der Waals surface area (Å²) in [4.78, 5) is 17.9. The Bertz CT molecular complexity index is 683. The zero-order valence-corrected chi connectivity index (χ0v) is 14.2. The fourth-order valence-corrected chi connectivity index (χ4v) is 2.96. The second-order valence-electron chi connectivity index (χ2n) is 6.58. The van der Waals surface area contributed by atoms with Crippen molar-refractivity contribution in [3.63, 3.8) is 0 Å². The highest BCUT2D eigenvalue weighted by Gasteiger charge is 2.21. The molecule has 6 heteroatoms. The van der Waals surface area contributed by atoms with Gasteiger partial charge in [0.05, 0.1) is 12.3 Å². The Labute approximate surface area is 141 Å². The maximum Gasteiger partial charge on any atom is 0.264 e. The number of pyridine rings is 1. The molecule has 1 aliphatic heterocycles. The van der Waals surface area contributed by atoms with Crippen LogP contribution in [0.5, 0.6) is 5.88 Å². The van der Waals surface area contributed by atoms with Gasteiger partial charge in [0.25, 0.3) is 5.56 Å². The van der Waals surface area contributed by atoms with Crippen LogP contribution in [0.15, 0.2) is 35.3 Å². The van der Waals surface area contributed by atoms with Gasteiger partial charge in [-0.15, -0.1) is 0 Å². The maximum absolute atomic E-state index is 11.0. The van der Waals surface area contributed by atoms with Gasteiger partial charge in [-0.3, -0.25) is 4.79 Å². The lowest BCUT2D eigenvalue weighted by atomic mass is 9.97. The standard InChI is InChI=1S/C18H24N4O2/c1-13(2)22-9-7-14(8-10-22)12-24-18-6-3-15(11-19-18)16-4-5-17(23)21-20-16/h3-6,11,13-14H,7-10,12H2,1-2H3,(H,21,23). The van der Waals surface area contributed by atoms with Crippen molar-refractivity contribution in [3.05, 3.63) is 40.8 Å². The summed E-state index contributed by atoms with van der Waals surface area (Å²) < 4.78 is 5.84. The van der Waals surface area contributed by atoms with Crippen LogP contribution < -0.4 is 10.3 Å². The van der Waals surface area contributed by atoms with E-state index in [9.17, 15) is 4.79 Å². The van der Waals surface area contributed by atoms with E-state index in [1.807, 2.05) is 12.1 Å². The second-order valence-corrected chi connectivity index (χ2v) is 6.58. The van der Waals surface area contributed by atoms with Crippen LogP contribution >= 0.6 is 0 Å². The van der Waals surface area contributed by atoms with Gasteiger partial charge >= 0.3 is 0 Å². The summed E-state index contributed by atoms with van der Waals surface area (Å²) in [5.74, 6) is 1.23. The Hall–Kier alpha value is -2.21. The molecule has 0 spiro atoms. The summed E-state index contributed by atoms with van der Waals surface area (Å²) in [5.41, 5.74) is 1.33. The van der Waals surface area contributed by atoms with E-state index in [2.05, 4.69) is 33.9 Å². The molecule has 3 heterocycles. The number of hydrogen-bond donors (Lipinski definition) is 1. The Balaban J connectivity index is 1.52. The van der Waals surface area contributed by atoms with Gasteiger partial charge in [0.2, 0.25) is 5.88 Å². The first-order valence-corrected chi connectivity index (χ1v) is 8.51. The number of aromatic amines is 1. The summed E-state index contributed by atoms with van der Waals surface area (Å²) in [6.45, 7) is 7.51. The first-order valence-electron chi connectivity index (χ1n) is 8.51. The molecule has 3 rings (SSSR count). The Morgan fingerprint density at radius 1 is 1.25 bits per heavy atom. The molecule has 0 aromatic carbocycles. The fourth-order valence-electron chi connectivity index (χ4n) is 2.96. The SMILES string of the molecule is CC(C)N1CCC(COc2ccc(-c3ccc(=O)[nH]n3)cn2)CC1. The first-order chi connectivity index (χ1) is 11.6. The van der Waals surface area contributed by atoms with E-state index in [4.69, 9.17) is 4.74 Å². The minimum absolute atomic E-state index is 0.213. The highest BCUT2D eigenvalue weighted by atomic mass is 16.5. The molecule has 0 aliphatic carbocycles. The lowest BCUT2D eigenvalue weighted by Gasteiger charge is -2.34. The number of nitrogens with one attached hydrogen (secondary N) is 1. The molecule has 0 bridgehead atoms. The number of aromatic nitrogens is 3. The van der Waals surface area contributed by atoms with Crippen molar-refractivity contribution in [3.8, 4) is 17.1 Å². The average molecular weight is 328 g/mol. The molecule has 128 valence electrons. The first kappa shape index (κ1) is 16.6. The Morgan fingerprint density at radius 2 is 2.04 bits per heavy atom. The average Bonchev–Trinajstić information content (AvgIpc) is 2.61. The molecule has 1 N–H and O–H groups in total. The predicted molar refractivity (Wildman–Crippen MR) is 93.0 cm³/mol. The van der Waals surface area contributed by atoms with E-state index in [0.717, 1.165) is 25.3 Å². The molecule has 0 amide bonds. The second kappa shape index (κ2) is 7.57. The molecular formula is C18H24N4O2. The third-order valence-electron chi connectivity index (χ3n) is 4.56. The van der Waals surface area contributed by atoms with Crippen LogP contribution in [0.4, 0.5) is 0 Å². The predicted octanol–water partition coefficient (Wildman–Crippen LogP) is 2.33. The van der Waals surface area contributed by atoms with Gasteiger partial charge in [0.1, 0.15) is 0 Å². The molecule has 2 aromatic heterocycles. The van der Waals surface area contributed by atoms with Crippen LogP contribution in [0, 0.1) is 5.92 Å². The summed E-state index contributed by atoms with van der Waals surface area (Å²) in [6.07, 6.45) is 4.08. The van der Waals surface area contributed by atoms with Crippen LogP contribution in [-0.4, -0.2) is 45.8 Å². The van der Waals surface area contributed by atoms with Crippen molar-refractivity contribution in [2.24, 2.45) is 5.92 Å². The lowest BCUT2D eigenvalue weighted by Crippen LogP contribution is -2.39. The Kier molecular flexibility index (Phi) is 5.25. The largest absolute Gasteiger partial charge is 0.477 e. The molecule has 1 fully saturated rings. The third kappa shape index (κ3) is 4.20. The van der Waals surface area contributed by atoms with Gasteiger partial charge in [-0.25, -0.2) is 10.1 Å². The van der Waals surface area contributed by atoms with Crippen LogP contribution in [0.25, 0.3) is 11.3 Å². The lowest BCUT2D eigenvalue weighted by molar-refractivity contribution is 0.117. The highest BCUT2D eigenvalue weighted by molar-refractivity contribution is 5.57. The molecule has 1 saturated heterocycles. The molecule has 0 atom stereocenters. The smallest absolute Gasteiger partial charge is 0.264 e. The topological polar surface area (TPSA) is 71.1 Å². The normalized spacial score (nSPS) is 16.5. The zero-order valence-electron chi connectivity index (χ0n) is 14.2. The number of rotatable bonds is 5. The van der Waals surface area contributed by atoms with Crippen LogP contribution in [0.2, 0.25) is 0 Å². The van der Waals surface area contributed by atoms with E-state index in [0.29, 0.717) is 23.5 Å².